The molecule has 0 amide bonds. The van der Waals surface area contributed by atoms with Crippen molar-refractivity contribution in [1.82, 2.24) is 0 Å². The first-order valence-electron chi connectivity index (χ1n) is 38.2. The molecule has 0 N–H and O–H groups in total. The van der Waals surface area contributed by atoms with E-state index in [0.29, 0.717) is 19.3 Å². The molecule has 83 heavy (non-hydrogen) atoms. The van der Waals surface area contributed by atoms with Gasteiger partial charge < -0.3 is 14.2 Å². The van der Waals surface area contributed by atoms with Crippen LogP contribution in [0.15, 0.2) is 12.2 Å². The van der Waals surface area contributed by atoms with Crippen molar-refractivity contribution in [2.45, 2.75) is 451 Å². The summed E-state index contributed by atoms with van der Waals surface area (Å²) in [6, 6.07) is 0. The number of esters is 3. The maximum Gasteiger partial charge on any atom is 0.306 e. The van der Waals surface area contributed by atoms with Gasteiger partial charge in [-0.2, -0.15) is 0 Å². The van der Waals surface area contributed by atoms with Gasteiger partial charge in [0, 0.05) is 19.3 Å². The van der Waals surface area contributed by atoms with Gasteiger partial charge in [-0.15, -0.1) is 0 Å². The van der Waals surface area contributed by atoms with Crippen LogP contribution in [-0.2, 0) is 28.6 Å². The first kappa shape index (κ1) is 81.2. The fourth-order valence-electron chi connectivity index (χ4n) is 12.0. The fourth-order valence-corrected chi connectivity index (χ4v) is 12.0. The van der Waals surface area contributed by atoms with E-state index in [-0.39, 0.29) is 31.1 Å². The molecule has 492 valence electrons. The van der Waals surface area contributed by atoms with Crippen molar-refractivity contribution in [3.05, 3.63) is 12.2 Å². The molecule has 0 rings (SSSR count). The Morgan fingerprint density at radius 1 is 0.229 bits per heavy atom. The highest BCUT2D eigenvalue weighted by atomic mass is 16.6. The maximum absolute atomic E-state index is 13.0. The van der Waals surface area contributed by atoms with E-state index in [1.807, 2.05) is 0 Å². The van der Waals surface area contributed by atoms with Gasteiger partial charge in [0.05, 0.1) is 0 Å². The summed E-state index contributed by atoms with van der Waals surface area (Å²) in [4.78, 5) is 38.5. The van der Waals surface area contributed by atoms with Crippen LogP contribution in [0.2, 0.25) is 0 Å². The van der Waals surface area contributed by atoms with E-state index in [0.717, 1.165) is 57.8 Å². The zero-order chi connectivity index (χ0) is 59.9. The number of carbonyl (C=O) groups is 3. The van der Waals surface area contributed by atoms with E-state index in [2.05, 4.69) is 32.9 Å². The molecule has 1 atom stereocenters. The Labute approximate surface area is 520 Å². The van der Waals surface area contributed by atoms with Crippen molar-refractivity contribution in [3.8, 4) is 0 Å². The average Bonchev–Trinajstić information content (AvgIpc) is 3.49. The highest BCUT2D eigenvalue weighted by Crippen LogP contribution is 2.20. The zero-order valence-electron chi connectivity index (χ0n) is 56.8. The maximum atomic E-state index is 13.0. The molecule has 0 heterocycles. The summed E-state index contributed by atoms with van der Waals surface area (Å²) in [6.45, 7) is 6.73. The third-order valence-corrected chi connectivity index (χ3v) is 17.8. The van der Waals surface area contributed by atoms with E-state index >= 15 is 0 Å². The van der Waals surface area contributed by atoms with Crippen LogP contribution in [0.25, 0.3) is 0 Å². The van der Waals surface area contributed by atoms with Crippen molar-refractivity contribution >= 4 is 17.9 Å². The highest BCUT2D eigenvalue weighted by molar-refractivity contribution is 5.71. The molecule has 6 heteroatoms. The normalized spacial score (nSPS) is 12.0. The van der Waals surface area contributed by atoms with E-state index in [4.69, 9.17) is 14.2 Å². The lowest BCUT2D eigenvalue weighted by Gasteiger charge is -2.18. The Morgan fingerprint density at radius 3 is 0.602 bits per heavy atom. The van der Waals surface area contributed by atoms with E-state index in [9.17, 15) is 14.4 Å². The first-order chi connectivity index (χ1) is 41.0. The lowest BCUT2D eigenvalue weighted by Crippen LogP contribution is -2.30. The van der Waals surface area contributed by atoms with Gasteiger partial charge in [-0.1, -0.05) is 392 Å². The van der Waals surface area contributed by atoms with Gasteiger partial charge in [-0.25, -0.2) is 0 Å². The topological polar surface area (TPSA) is 78.9 Å². The monoisotopic (exact) mass is 1170 g/mol. The predicted molar refractivity (Wildman–Crippen MR) is 363 cm³/mol. The highest BCUT2D eigenvalue weighted by Gasteiger charge is 2.20. The van der Waals surface area contributed by atoms with Crippen molar-refractivity contribution in [3.63, 3.8) is 0 Å². The Balaban J connectivity index is 4.12. The number of hydrogen-bond acceptors (Lipinski definition) is 6. The number of unbranched alkanes of at least 4 members (excludes halogenated alkanes) is 59. The smallest absolute Gasteiger partial charge is 0.306 e. The van der Waals surface area contributed by atoms with Crippen LogP contribution in [0.4, 0.5) is 0 Å². The minimum absolute atomic E-state index is 0.0637. The van der Waals surface area contributed by atoms with Gasteiger partial charge in [0.15, 0.2) is 6.10 Å². The molecular formula is C77H148O6. The second-order valence-electron chi connectivity index (χ2n) is 26.3. The van der Waals surface area contributed by atoms with Crippen molar-refractivity contribution in [2.24, 2.45) is 0 Å². The van der Waals surface area contributed by atoms with Crippen LogP contribution in [0, 0.1) is 0 Å². The Hall–Kier alpha value is -1.85. The second kappa shape index (κ2) is 72.6. The molecule has 0 aromatic rings. The standard InChI is InChI=1S/C77H148O6/c1-4-7-10-13-16-19-22-25-28-30-32-33-34-35-36-37-38-39-40-41-42-43-44-46-47-49-52-55-58-61-64-67-70-76(79)82-73-74(72-81-75(78)69-66-63-60-57-54-51-27-24-21-18-15-12-9-6-3)83-77(80)71-68-65-62-59-56-53-50-48-45-31-29-26-23-20-17-14-11-8-5-2/h26,29,74H,4-25,27-28,30-73H2,1-3H3/b29-26-. The minimum Gasteiger partial charge on any atom is -0.462 e. The molecule has 0 aromatic heterocycles. The van der Waals surface area contributed by atoms with Gasteiger partial charge >= 0.3 is 17.9 Å². The molecule has 6 nitrogen and oxygen atoms in total. The van der Waals surface area contributed by atoms with E-state index < -0.39 is 6.10 Å². The molecule has 0 bridgehead atoms. The van der Waals surface area contributed by atoms with Crippen LogP contribution in [-0.4, -0.2) is 37.2 Å². The summed E-state index contributed by atoms with van der Waals surface area (Å²) in [5.74, 6) is -0.828. The Bertz CT molecular complexity index is 1300. The zero-order valence-corrected chi connectivity index (χ0v) is 56.8. The minimum atomic E-state index is -0.768. The third kappa shape index (κ3) is 70.8. The van der Waals surface area contributed by atoms with E-state index in [1.165, 1.54) is 347 Å². The summed E-state index contributed by atoms with van der Waals surface area (Å²) in [7, 11) is 0. The van der Waals surface area contributed by atoms with Crippen LogP contribution >= 0.6 is 0 Å². The molecule has 0 aliphatic heterocycles. The molecule has 1 unspecified atom stereocenters. The third-order valence-electron chi connectivity index (χ3n) is 17.8. The Morgan fingerprint density at radius 2 is 0.398 bits per heavy atom. The number of hydrogen-bond donors (Lipinski definition) is 0. The Kier molecular flexibility index (Phi) is 71.0. The summed E-state index contributed by atoms with van der Waals surface area (Å²) < 4.78 is 17.0. The molecule has 0 saturated carbocycles. The molecule has 0 radical (unpaired) electrons. The number of rotatable bonds is 72. The van der Waals surface area contributed by atoms with Gasteiger partial charge in [0.1, 0.15) is 13.2 Å². The lowest BCUT2D eigenvalue weighted by atomic mass is 10.0. The molecule has 0 fully saturated rings. The summed E-state index contributed by atoms with van der Waals surface area (Å²) in [6.07, 6.45) is 88.4. The van der Waals surface area contributed by atoms with Crippen LogP contribution in [0.5, 0.6) is 0 Å². The van der Waals surface area contributed by atoms with Crippen LogP contribution in [0.3, 0.4) is 0 Å². The largest absolute Gasteiger partial charge is 0.462 e. The quantitative estimate of drug-likeness (QED) is 0.0261. The van der Waals surface area contributed by atoms with Crippen LogP contribution < -0.4 is 0 Å². The number of ether oxygens (including phenoxy) is 3. The number of allylic oxidation sites excluding steroid dienone is 2. The molecule has 0 aliphatic rings. The number of carbonyl (C=O) groups excluding carboxylic acids is 3. The fraction of sp³-hybridized carbons (Fsp3) is 0.935. The predicted octanol–water partition coefficient (Wildman–Crippen LogP) is 26.3. The van der Waals surface area contributed by atoms with E-state index in [1.54, 1.807) is 0 Å². The molecule has 0 aromatic carbocycles. The summed E-state index contributed by atoms with van der Waals surface area (Å²) >= 11 is 0. The van der Waals surface area contributed by atoms with Gasteiger partial charge in [-0.05, 0) is 44.9 Å². The molecule has 0 saturated heterocycles. The van der Waals surface area contributed by atoms with Crippen LogP contribution in [0.1, 0.15) is 445 Å². The lowest BCUT2D eigenvalue weighted by molar-refractivity contribution is -0.167. The second-order valence-corrected chi connectivity index (χ2v) is 26.3. The summed E-state index contributed by atoms with van der Waals surface area (Å²) in [5, 5.41) is 0. The molecule has 0 spiro atoms. The summed E-state index contributed by atoms with van der Waals surface area (Å²) in [5.41, 5.74) is 0. The SMILES string of the molecule is CCCCCCCC/C=C\CCCCCCCCCCCC(=O)OC(COC(=O)CCCCCCCCCCCCCCCC)COC(=O)CCCCCCCCCCCCCCCCCCCCCCCCCCCCCCCCCC. The first-order valence-corrected chi connectivity index (χ1v) is 38.2. The van der Waals surface area contributed by atoms with Crippen molar-refractivity contribution in [2.75, 3.05) is 13.2 Å². The van der Waals surface area contributed by atoms with Gasteiger partial charge in [-0.3, -0.25) is 14.4 Å². The average molecular weight is 1170 g/mol. The van der Waals surface area contributed by atoms with Gasteiger partial charge in [0.25, 0.3) is 0 Å². The van der Waals surface area contributed by atoms with Crippen molar-refractivity contribution < 1.29 is 28.6 Å². The van der Waals surface area contributed by atoms with Crippen molar-refractivity contribution in [1.29, 1.82) is 0 Å². The molecule has 0 aliphatic carbocycles. The molecular weight excluding hydrogens is 1020 g/mol. The van der Waals surface area contributed by atoms with Gasteiger partial charge in [0.2, 0.25) is 0 Å².